The predicted octanol–water partition coefficient (Wildman–Crippen LogP) is 3.73. The fourth-order valence-electron chi connectivity index (χ4n) is 4.24. The summed E-state index contributed by atoms with van der Waals surface area (Å²) in [6, 6.07) is 9.25. The molecule has 0 radical (unpaired) electrons. The van der Waals surface area contributed by atoms with Crippen LogP contribution in [0.3, 0.4) is 0 Å². The Bertz CT molecular complexity index is 1280. The van der Waals surface area contributed by atoms with Gasteiger partial charge in [-0.1, -0.05) is 0 Å². The van der Waals surface area contributed by atoms with Gasteiger partial charge in [0.05, 0.1) is 24.1 Å². The molecule has 1 atom stereocenters. The van der Waals surface area contributed by atoms with Gasteiger partial charge in [0.15, 0.2) is 5.78 Å². The van der Waals surface area contributed by atoms with E-state index in [2.05, 4.69) is 20.6 Å². The summed E-state index contributed by atoms with van der Waals surface area (Å²) in [4.78, 5) is 20.3. The van der Waals surface area contributed by atoms with Gasteiger partial charge in [-0.3, -0.25) is 10.2 Å². The lowest BCUT2D eigenvalue weighted by molar-refractivity contribution is -0.116. The number of hydrogen-bond donors (Lipinski definition) is 4. The number of aromatic nitrogens is 2. The first-order valence-corrected chi connectivity index (χ1v) is 10.4. The van der Waals surface area contributed by atoms with E-state index in [1.54, 1.807) is 32.5 Å². The zero-order chi connectivity index (χ0) is 22.2. The summed E-state index contributed by atoms with van der Waals surface area (Å²) in [5.41, 5.74) is 3.61. The summed E-state index contributed by atoms with van der Waals surface area (Å²) in [5, 5.41) is 14.5. The first-order chi connectivity index (χ1) is 15.6. The van der Waals surface area contributed by atoms with Crippen molar-refractivity contribution in [2.75, 3.05) is 14.2 Å². The average Bonchev–Trinajstić information content (AvgIpc) is 3.40. The van der Waals surface area contributed by atoms with E-state index in [9.17, 15) is 4.79 Å². The van der Waals surface area contributed by atoms with E-state index >= 15 is 0 Å². The van der Waals surface area contributed by atoms with E-state index in [1.165, 1.54) is 0 Å². The second kappa shape index (κ2) is 7.92. The van der Waals surface area contributed by atoms with Crippen molar-refractivity contribution in [2.45, 2.75) is 25.2 Å². The van der Waals surface area contributed by atoms with Gasteiger partial charge in [0.2, 0.25) is 0 Å². The molecule has 1 unspecified atom stereocenters. The summed E-state index contributed by atoms with van der Waals surface area (Å²) in [6.07, 6.45) is 3.73. The second-order valence-electron chi connectivity index (χ2n) is 7.67. The quantitative estimate of drug-likeness (QED) is 0.483. The molecule has 0 saturated heterocycles. The highest BCUT2D eigenvalue weighted by atomic mass is 16.6. The molecule has 1 aliphatic heterocycles. The molecule has 9 heteroatoms. The number of ketones is 1. The molecular formula is C23H23N5O4. The molecule has 9 nitrogen and oxygen atoms in total. The Morgan fingerprint density at radius 1 is 1.28 bits per heavy atom. The first-order valence-electron chi connectivity index (χ1n) is 10.4. The molecule has 1 aromatic carbocycles. The number of ether oxygens (including phenoxy) is 2. The molecule has 0 amide bonds. The maximum absolute atomic E-state index is 12.8. The maximum atomic E-state index is 12.8. The van der Waals surface area contributed by atoms with Gasteiger partial charge in [-0.05, 0) is 31.0 Å². The maximum Gasteiger partial charge on any atom is 0.302 e. The van der Waals surface area contributed by atoms with E-state index in [1.807, 2.05) is 18.2 Å². The number of H-pyrrole nitrogens is 1. The van der Waals surface area contributed by atoms with Crippen LogP contribution in [0.4, 0.5) is 0 Å². The van der Waals surface area contributed by atoms with Crippen molar-refractivity contribution in [3.05, 3.63) is 59.1 Å². The van der Waals surface area contributed by atoms with Gasteiger partial charge in [0.25, 0.3) is 5.95 Å². The van der Waals surface area contributed by atoms with Crippen LogP contribution in [0, 0.1) is 5.41 Å². The molecule has 2 aliphatic rings. The number of aromatic amines is 1. The number of Topliss-reactive ketones (excluding diaryl/α,β-unsaturated/α-hetero) is 1. The second-order valence-corrected chi connectivity index (χ2v) is 7.67. The number of benzene rings is 1. The van der Waals surface area contributed by atoms with E-state index in [0.717, 1.165) is 29.6 Å². The summed E-state index contributed by atoms with van der Waals surface area (Å²) in [7, 11) is 3.37. The van der Waals surface area contributed by atoms with Crippen LogP contribution in [0.25, 0.3) is 11.0 Å². The Hall–Kier alpha value is -4.01. The number of carbonyl (C=O) groups is 1. The smallest absolute Gasteiger partial charge is 0.302 e. The number of nitrogens with one attached hydrogen (secondary N) is 4. The minimum absolute atomic E-state index is 0.0725. The fraction of sp³-hybridized carbons (Fsp3) is 0.261. The lowest BCUT2D eigenvalue weighted by atomic mass is 9.77. The Morgan fingerprint density at radius 3 is 2.97 bits per heavy atom. The Morgan fingerprint density at radius 2 is 2.16 bits per heavy atom. The van der Waals surface area contributed by atoms with Crippen molar-refractivity contribution >= 4 is 22.7 Å². The third-order valence-electron chi connectivity index (χ3n) is 5.67. The number of nitrogens with zero attached hydrogens (tertiary/aromatic N) is 1. The zero-order valence-corrected chi connectivity index (χ0v) is 17.7. The average molecular weight is 433 g/mol. The van der Waals surface area contributed by atoms with Crippen molar-refractivity contribution in [1.82, 2.24) is 20.6 Å². The summed E-state index contributed by atoms with van der Waals surface area (Å²) < 4.78 is 17.1. The highest BCUT2D eigenvalue weighted by molar-refractivity contribution is 6.08. The number of carbonyl (C=O) groups excluding carboxylic acids is 1. The number of imidazole rings is 1. The van der Waals surface area contributed by atoms with Crippen LogP contribution in [0.1, 0.15) is 30.9 Å². The van der Waals surface area contributed by atoms with Gasteiger partial charge < -0.3 is 29.5 Å². The van der Waals surface area contributed by atoms with Crippen LogP contribution >= 0.6 is 0 Å². The van der Waals surface area contributed by atoms with Gasteiger partial charge in [0, 0.05) is 48.6 Å². The van der Waals surface area contributed by atoms with Crippen LogP contribution in [-0.2, 0) is 4.79 Å². The molecule has 4 N–H and O–H groups in total. The summed E-state index contributed by atoms with van der Waals surface area (Å²) in [5.74, 6) is 1.34. The topological polar surface area (TPSA) is 125 Å². The first kappa shape index (κ1) is 19.9. The van der Waals surface area contributed by atoms with Crippen molar-refractivity contribution in [2.24, 2.45) is 0 Å². The van der Waals surface area contributed by atoms with Crippen molar-refractivity contribution in [1.29, 1.82) is 5.41 Å². The molecule has 0 bridgehead atoms. The number of allylic oxidation sites excluding steroid dienone is 2. The van der Waals surface area contributed by atoms with Gasteiger partial charge in [-0.15, -0.1) is 0 Å². The van der Waals surface area contributed by atoms with Crippen LogP contribution in [-0.4, -0.2) is 35.7 Å². The van der Waals surface area contributed by atoms with E-state index in [0.29, 0.717) is 29.1 Å². The lowest BCUT2D eigenvalue weighted by Gasteiger charge is -2.33. The standard InChI is InChI=1S/C23H23N5O4/c1-25-11-13-20(21-15(26-22(13)24)4-3-5-17(21)29)18-8-9-19(31-18)32-23-27-14-7-6-12(30-2)10-16(14)28-23/h6-11,20,25H,3-5H2,1-2H3,(H2,24,26)(H,27,28)/b13-11-. The van der Waals surface area contributed by atoms with Crippen molar-refractivity contribution < 1.29 is 18.7 Å². The molecule has 2 aromatic heterocycles. The van der Waals surface area contributed by atoms with Gasteiger partial charge in [-0.2, -0.15) is 4.98 Å². The van der Waals surface area contributed by atoms with E-state index in [4.69, 9.17) is 19.3 Å². The van der Waals surface area contributed by atoms with Gasteiger partial charge in [-0.25, -0.2) is 0 Å². The van der Waals surface area contributed by atoms with Gasteiger partial charge >= 0.3 is 6.01 Å². The van der Waals surface area contributed by atoms with Crippen LogP contribution < -0.4 is 20.1 Å². The monoisotopic (exact) mass is 433 g/mol. The Balaban J connectivity index is 1.48. The molecule has 32 heavy (non-hydrogen) atoms. The molecular weight excluding hydrogens is 410 g/mol. The third-order valence-corrected chi connectivity index (χ3v) is 5.67. The normalized spacial score (nSPS) is 19.8. The predicted molar refractivity (Wildman–Crippen MR) is 118 cm³/mol. The number of furan rings is 1. The number of amidine groups is 1. The largest absolute Gasteiger partial charge is 0.497 e. The van der Waals surface area contributed by atoms with Crippen LogP contribution in [0.2, 0.25) is 0 Å². The molecule has 0 saturated carbocycles. The van der Waals surface area contributed by atoms with E-state index < -0.39 is 5.92 Å². The summed E-state index contributed by atoms with van der Waals surface area (Å²) >= 11 is 0. The Kier molecular flexibility index (Phi) is 4.93. The minimum Gasteiger partial charge on any atom is -0.497 e. The molecule has 1 aliphatic carbocycles. The molecule has 5 rings (SSSR count). The molecule has 3 heterocycles. The van der Waals surface area contributed by atoms with Crippen molar-refractivity contribution in [3.8, 4) is 17.7 Å². The number of rotatable bonds is 5. The molecule has 0 spiro atoms. The minimum atomic E-state index is -0.476. The fourth-order valence-corrected chi connectivity index (χ4v) is 4.24. The third kappa shape index (κ3) is 3.41. The van der Waals surface area contributed by atoms with Gasteiger partial charge in [0.1, 0.15) is 17.3 Å². The molecule has 164 valence electrons. The Labute approximate surface area is 184 Å². The summed E-state index contributed by atoms with van der Waals surface area (Å²) in [6.45, 7) is 0. The highest BCUT2D eigenvalue weighted by Gasteiger charge is 2.38. The zero-order valence-electron chi connectivity index (χ0n) is 17.7. The van der Waals surface area contributed by atoms with Crippen LogP contribution in [0.15, 0.2) is 57.8 Å². The number of hydrogen-bond acceptors (Lipinski definition) is 7. The van der Waals surface area contributed by atoms with Crippen molar-refractivity contribution in [3.63, 3.8) is 0 Å². The highest BCUT2D eigenvalue weighted by Crippen LogP contribution is 2.42. The van der Waals surface area contributed by atoms with Crippen LogP contribution in [0.5, 0.6) is 17.7 Å². The SMILES string of the molecule is CN/C=C1\C(=N)NC2=C(C(=O)CCC2)C1c1ccc(Oc2nc3ccc(OC)cc3[nH]2)o1. The molecule has 3 aromatic rings. The number of methoxy groups -OCH3 is 1. The van der Waals surface area contributed by atoms with E-state index in [-0.39, 0.29) is 23.6 Å². The molecule has 0 fully saturated rings. The number of fused-ring (bicyclic) bond motifs is 1. The lowest BCUT2D eigenvalue weighted by Crippen LogP contribution is -2.38.